The van der Waals surface area contributed by atoms with Crippen molar-refractivity contribution in [1.82, 2.24) is 42.1 Å². The molecule has 73 heavy (non-hydrogen) atoms. The number of aliphatic carboxylic acids is 2. The minimum Gasteiger partial charge on any atom is -0.508 e. The van der Waals surface area contributed by atoms with Crippen molar-refractivity contribution >= 4 is 71.1 Å². The van der Waals surface area contributed by atoms with Crippen LogP contribution >= 0.6 is 0 Å². The number of rotatable bonds is 30. The SMILES string of the molecule is CC(O)[C@H](N)C(=O)N1CCC[C@H]1C(=O)N[C@@H](CCC(N)=O)C(=O)N[C@@H](CCCN=C(N)N)C(=O)NCC(=O)N[C@@H](CC(=O)O)C(=O)N[C@H](C(=O)N[C@@H](Cc1ccc(O)cc1)C(=O)N[C@H](C(=O)O)C(C)O)C(C)C. The van der Waals surface area contributed by atoms with Gasteiger partial charge in [0.05, 0.1) is 25.2 Å². The summed E-state index contributed by atoms with van der Waals surface area (Å²) >= 11 is 0. The van der Waals surface area contributed by atoms with Gasteiger partial charge in [0.1, 0.15) is 48.0 Å². The maximum absolute atomic E-state index is 13.8. The van der Waals surface area contributed by atoms with Crippen molar-refractivity contribution in [2.75, 3.05) is 19.6 Å². The van der Waals surface area contributed by atoms with E-state index in [0.717, 1.165) is 11.8 Å². The Morgan fingerprint density at radius 2 is 1.29 bits per heavy atom. The third-order valence-electron chi connectivity index (χ3n) is 11.3. The van der Waals surface area contributed by atoms with E-state index < -0.39 is 151 Å². The third kappa shape index (κ3) is 20.9. The minimum absolute atomic E-state index is 0.0354. The predicted octanol–water partition coefficient (Wildman–Crippen LogP) is -6.43. The number of aliphatic hydroxyl groups is 2. The molecule has 29 heteroatoms. The van der Waals surface area contributed by atoms with Crippen LogP contribution < -0.4 is 60.2 Å². The number of aliphatic imine (C=N–C) groups is 1. The molecule has 10 atom stereocenters. The summed E-state index contributed by atoms with van der Waals surface area (Å²) in [6.45, 7) is 4.54. The molecule has 2 rings (SSSR count). The van der Waals surface area contributed by atoms with Crippen LogP contribution in [0.4, 0.5) is 0 Å². The number of phenolic OH excluding ortho intramolecular Hbond substituents is 1. The molecule has 406 valence electrons. The summed E-state index contributed by atoms with van der Waals surface area (Å²) in [5, 5.41) is 65.0. The number of amides is 9. The lowest BCUT2D eigenvalue weighted by molar-refractivity contribution is -0.145. The summed E-state index contributed by atoms with van der Waals surface area (Å²) in [6, 6.07) is -6.74. The van der Waals surface area contributed by atoms with Crippen molar-refractivity contribution in [2.45, 2.75) is 140 Å². The van der Waals surface area contributed by atoms with Gasteiger partial charge < -0.3 is 90.6 Å². The molecule has 0 bridgehead atoms. The quantitative estimate of drug-likeness (QED) is 0.0194. The topological polar surface area (TPSA) is 493 Å². The number of nitrogens with two attached hydrogens (primary N) is 4. The molecule has 1 aliphatic heterocycles. The average molecular weight is 1040 g/mol. The fourth-order valence-corrected chi connectivity index (χ4v) is 7.26. The van der Waals surface area contributed by atoms with Crippen molar-refractivity contribution < 1.29 is 78.3 Å². The molecule has 1 aromatic carbocycles. The number of hydrogen-bond acceptors (Lipinski definition) is 16. The number of carbonyl (C=O) groups excluding carboxylic acids is 9. The lowest BCUT2D eigenvalue weighted by atomic mass is 10.00. The number of carboxylic acid groups (broad SMARTS) is 2. The van der Waals surface area contributed by atoms with E-state index in [2.05, 4.69) is 42.2 Å². The largest absolute Gasteiger partial charge is 0.508 e. The lowest BCUT2D eigenvalue weighted by Gasteiger charge is -2.29. The number of primary amides is 1. The maximum Gasteiger partial charge on any atom is 0.328 e. The Hall–Kier alpha value is -7.66. The number of hydrogen-bond donors (Lipinski definition) is 16. The van der Waals surface area contributed by atoms with Crippen LogP contribution in [0.3, 0.4) is 0 Å². The number of aliphatic hydroxyl groups excluding tert-OH is 2. The van der Waals surface area contributed by atoms with Crippen LogP contribution in [0.15, 0.2) is 29.3 Å². The van der Waals surface area contributed by atoms with Gasteiger partial charge in [-0.2, -0.15) is 0 Å². The molecule has 0 saturated carbocycles. The van der Waals surface area contributed by atoms with Crippen LogP contribution in [0.5, 0.6) is 5.75 Å². The summed E-state index contributed by atoms with van der Waals surface area (Å²) in [7, 11) is 0. The molecule has 1 aromatic rings. The second-order valence-corrected chi connectivity index (χ2v) is 17.7. The van der Waals surface area contributed by atoms with Gasteiger partial charge in [0.2, 0.25) is 53.2 Å². The highest BCUT2D eigenvalue weighted by molar-refractivity contribution is 5.98. The first-order valence-electron chi connectivity index (χ1n) is 23.2. The molecule has 0 radical (unpaired) electrons. The Morgan fingerprint density at radius 3 is 1.84 bits per heavy atom. The van der Waals surface area contributed by atoms with E-state index in [1.807, 2.05) is 0 Å². The smallest absolute Gasteiger partial charge is 0.328 e. The molecule has 1 saturated heterocycles. The number of nitrogens with one attached hydrogen (secondary N) is 7. The molecule has 1 fully saturated rings. The van der Waals surface area contributed by atoms with E-state index >= 15 is 0 Å². The van der Waals surface area contributed by atoms with E-state index in [0.29, 0.717) is 12.0 Å². The van der Waals surface area contributed by atoms with E-state index in [1.165, 1.54) is 45.0 Å². The van der Waals surface area contributed by atoms with Crippen LogP contribution in [0.25, 0.3) is 0 Å². The van der Waals surface area contributed by atoms with Gasteiger partial charge in [0.15, 0.2) is 12.0 Å². The molecule has 20 N–H and O–H groups in total. The first-order valence-corrected chi connectivity index (χ1v) is 23.2. The van der Waals surface area contributed by atoms with Gasteiger partial charge in [-0.1, -0.05) is 26.0 Å². The number of carbonyl (C=O) groups is 11. The number of likely N-dealkylation sites (tertiary alicyclic amines) is 1. The van der Waals surface area contributed by atoms with Gasteiger partial charge >= 0.3 is 11.9 Å². The maximum atomic E-state index is 13.8. The van der Waals surface area contributed by atoms with E-state index in [1.54, 1.807) is 0 Å². The van der Waals surface area contributed by atoms with Crippen molar-refractivity contribution in [3.63, 3.8) is 0 Å². The summed E-state index contributed by atoms with van der Waals surface area (Å²) in [5.74, 6) is -13.1. The van der Waals surface area contributed by atoms with Gasteiger partial charge in [-0.25, -0.2) is 4.79 Å². The minimum atomic E-state index is -1.88. The second-order valence-electron chi connectivity index (χ2n) is 17.7. The molecule has 9 amide bonds. The molecule has 2 unspecified atom stereocenters. The summed E-state index contributed by atoms with van der Waals surface area (Å²) < 4.78 is 0. The molecule has 0 aliphatic carbocycles. The normalized spacial score (nSPS) is 16.8. The van der Waals surface area contributed by atoms with Crippen molar-refractivity contribution in [1.29, 1.82) is 0 Å². The predicted molar refractivity (Wildman–Crippen MR) is 256 cm³/mol. The van der Waals surface area contributed by atoms with Crippen LogP contribution in [0.2, 0.25) is 0 Å². The molecular formula is C44H69N13O16. The average Bonchev–Trinajstić information content (AvgIpc) is 3.80. The van der Waals surface area contributed by atoms with Gasteiger partial charge in [-0.05, 0) is 69.6 Å². The first-order chi connectivity index (χ1) is 34.1. The number of nitrogens with zero attached hydrogens (tertiary/aromatic N) is 2. The number of guanidine groups is 1. The Bertz CT molecular complexity index is 2170. The monoisotopic (exact) mass is 1040 g/mol. The number of carboxylic acids is 2. The van der Waals surface area contributed by atoms with Crippen LogP contribution in [0.1, 0.15) is 78.2 Å². The van der Waals surface area contributed by atoms with Crippen molar-refractivity contribution in [2.24, 2.45) is 33.8 Å². The summed E-state index contributed by atoms with van der Waals surface area (Å²) in [6.07, 6.45) is -4.46. The van der Waals surface area contributed by atoms with E-state index in [4.69, 9.17) is 22.9 Å². The molecule has 0 aromatic heterocycles. The highest BCUT2D eigenvalue weighted by Gasteiger charge is 2.40. The first kappa shape index (κ1) is 61.5. The van der Waals surface area contributed by atoms with Gasteiger partial charge in [-0.3, -0.25) is 52.9 Å². The standard InChI is InChI=1S/C44H69N13O16/c1-20(2)34(41(70)54-27(17-23-9-11-24(60)12-10-23)38(67)56-35(22(4)59)43(72)73)55-39(68)28(18-32(63)64)51-31(62)19-50-36(65)25(7-5-15-49-44(47)48)52-37(66)26(13-14-30(45)61)53-40(69)29-8-6-16-57(29)42(71)33(46)21(3)58/h9-12,20-22,25-29,33-35,58-60H,5-8,13-19,46H2,1-4H3,(H2,45,61)(H,50,65)(H,51,62)(H,52,66)(H,53,69)(H,54,70)(H,55,68)(H,56,67)(H,63,64)(H,72,73)(H4,47,48,49)/t21?,22?,25-,26-,27-,28-,29-,33-,34-,35-/m0/s1. The number of aromatic hydroxyl groups is 1. The Morgan fingerprint density at radius 1 is 0.712 bits per heavy atom. The Kier molecular flexibility index (Phi) is 24.9. The van der Waals surface area contributed by atoms with Crippen molar-refractivity contribution in [3.8, 4) is 5.75 Å². The van der Waals surface area contributed by atoms with Gasteiger partial charge in [-0.15, -0.1) is 0 Å². The zero-order valence-corrected chi connectivity index (χ0v) is 40.9. The molecule has 29 nitrogen and oxygen atoms in total. The molecular weight excluding hydrogens is 967 g/mol. The number of phenols is 1. The highest BCUT2D eigenvalue weighted by atomic mass is 16.4. The fraction of sp³-hybridized carbons (Fsp3) is 0.591. The summed E-state index contributed by atoms with van der Waals surface area (Å²) in [5.41, 5.74) is 22.4. The van der Waals surface area contributed by atoms with Gasteiger partial charge in [0, 0.05) is 25.9 Å². The zero-order valence-electron chi connectivity index (χ0n) is 40.9. The Labute approximate surface area is 419 Å². The molecule has 1 aliphatic rings. The number of benzene rings is 1. The lowest BCUT2D eigenvalue weighted by Crippen LogP contribution is -2.60. The van der Waals surface area contributed by atoms with Crippen LogP contribution in [-0.2, 0) is 59.2 Å². The molecule has 1 heterocycles. The van der Waals surface area contributed by atoms with Crippen LogP contribution in [0, 0.1) is 5.92 Å². The zero-order chi connectivity index (χ0) is 55.3. The molecule has 0 spiro atoms. The third-order valence-corrected chi connectivity index (χ3v) is 11.3. The second kappa shape index (κ2) is 29.6. The fourth-order valence-electron chi connectivity index (χ4n) is 7.26. The Balaban J connectivity index is 2.29. The van der Waals surface area contributed by atoms with E-state index in [-0.39, 0.29) is 56.9 Å². The summed E-state index contributed by atoms with van der Waals surface area (Å²) in [4.78, 5) is 148. The highest BCUT2D eigenvalue weighted by Crippen LogP contribution is 2.20. The van der Waals surface area contributed by atoms with Crippen LogP contribution in [-0.4, -0.2) is 182 Å². The van der Waals surface area contributed by atoms with E-state index in [9.17, 15) is 78.3 Å². The van der Waals surface area contributed by atoms with Gasteiger partial charge in [0.25, 0.3) is 0 Å². The van der Waals surface area contributed by atoms with Crippen molar-refractivity contribution in [3.05, 3.63) is 29.8 Å².